The fourth-order valence-electron chi connectivity index (χ4n) is 3.52. The molecule has 2 fully saturated rings. The van der Waals surface area contributed by atoms with Crippen LogP contribution in [0.2, 0.25) is 5.82 Å². The summed E-state index contributed by atoms with van der Waals surface area (Å²) in [6.07, 6.45) is 6.50. The van der Waals surface area contributed by atoms with Crippen LogP contribution in [0.15, 0.2) is 0 Å². The Morgan fingerprint density at radius 1 is 1.14 bits per heavy atom. The van der Waals surface area contributed by atoms with Gasteiger partial charge in [0.2, 0.25) is 0 Å². The summed E-state index contributed by atoms with van der Waals surface area (Å²) in [6.45, 7) is 10.5. The van der Waals surface area contributed by atoms with Gasteiger partial charge in [0.05, 0.1) is 17.8 Å². The second-order valence-electron chi connectivity index (χ2n) is 7.70. The van der Waals surface area contributed by atoms with Crippen molar-refractivity contribution < 1.29 is 18.8 Å². The van der Waals surface area contributed by atoms with Gasteiger partial charge in [0.25, 0.3) is 0 Å². The van der Waals surface area contributed by atoms with Crippen LogP contribution in [-0.2, 0) is 18.8 Å². The monoisotopic (exact) mass is 310 g/mol. The minimum Gasteiger partial charge on any atom is -0.466 e. The van der Waals surface area contributed by atoms with Crippen molar-refractivity contribution in [3.8, 4) is 0 Å². The number of carbonyl (C=O) groups is 1. The first kappa shape index (κ1) is 17.8. The molecule has 0 amide bonds. The summed E-state index contributed by atoms with van der Waals surface area (Å²) >= 11 is 0. The average Bonchev–Trinajstić information content (AvgIpc) is 2.66. The fourth-order valence-corrected chi connectivity index (χ4v) is 3.52. The lowest BCUT2D eigenvalue weighted by Gasteiger charge is -2.32. The Bertz CT molecular complexity index is 372. The minimum absolute atomic E-state index is 0.0976. The molecule has 1 saturated heterocycles. The predicted octanol–water partition coefficient (Wildman–Crippen LogP) is 3.98. The normalized spacial score (nSPS) is 26.0. The Kier molecular flexibility index (Phi) is 5.60. The van der Waals surface area contributed by atoms with Gasteiger partial charge in [-0.3, -0.25) is 4.79 Å². The first-order valence-electron chi connectivity index (χ1n) is 8.78. The van der Waals surface area contributed by atoms with Gasteiger partial charge in [-0.2, -0.15) is 0 Å². The zero-order chi connectivity index (χ0) is 16.4. The first-order chi connectivity index (χ1) is 10.3. The molecule has 1 aliphatic heterocycles. The largest absolute Gasteiger partial charge is 0.466 e. The Morgan fingerprint density at radius 3 is 2.18 bits per heavy atom. The molecule has 2 aliphatic rings. The van der Waals surface area contributed by atoms with Crippen LogP contribution < -0.4 is 0 Å². The van der Waals surface area contributed by atoms with Gasteiger partial charge in [0.15, 0.2) is 0 Å². The van der Waals surface area contributed by atoms with Crippen molar-refractivity contribution in [2.45, 2.75) is 90.2 Å². The highest BCUT2D eigenvalue weighted by atomic mass is 16.7. The van der Waals surface area contributed by atoms with E-state index in [2.05, 4.69) is 27.7 Å². The Morgan fingerprint density at radius 2 is 1.68 bits per heavy atom. The van der Waals surface area contributed by atoms with Crippen molar-refractivity contribution in [1.29, 1.82) is 0 Å². The molecule has 0 radical (unpaired) electrons. The molecule has 1 heterocycles. The van der Waals surface area contributed by atoms with E-state index in [-0.39, 0.29) is 30.1 Å². The van der Waals surface area contributed by atoms with Crippen molar-refractivity contribution in [2.75, 3.05) is 6.61 Å². The number of hydrogen-bond donors (Lipinski definition) is 0. The lowest BCUT2D eigenvalue weighted by Crippen LogP contribution is -2.41. The van der Waals surface area contributed by atoms with Crippen molar-refractivity contribution in [1.82, 2.24) is 0 Å². The van der Waals surface area contributed by atoms with Crippen LogP contribution in [0.25, 0.3) is 0 Å². The Hall–Kier alpha value is -0.545. The van der Waals surface area contributed by atoms with Crippen molar-refractivity contribution in [2.24, 2.45) is 5.92 Å². The van der Waals surface area contributed by atoms with E-state index in [0.29, 0.717) is 18.9 Å². The molecule has 0 bridgehead atoms. The Balaban J connectivity index is 2.12. The van der Waals surface area contributed by atoms with Gasteiger partial charge in [0.1, 0.15) is 0 Å². The molecule has 0 N–H and O–H groups in total. The van der Waals surface area contributed by atoms with Crippen LogP contribution in [0.5, 0.6) is 0 Å². The van der Waals surface area contributed by atoms with E-state index in [1.54, 1.807) is 0 Å². The lowest BCUT2D eigenvalue weighted by molar-refractivity contribution is -0.143. The SMILES string of the molecule is CCOC(=O)C[C@H](B1OC(C)(C)C(C)(C)O1)C1CCCCC1. The molecular formula is C17H31BO4. The number of ether oxygens (including phenoxy) is 1. The fraction of sp³-hybridized carbons (Fsp3) is 0.941. The third-order valence-corrected chi connectivity index (χ3v) is 5.58. The van der Waals surface area contributed by atoms with Crippen molar-refractivity contribution in [3.05, 3.63) is 0 Å². The highest BCUT2D eigenvalue weighted by Crippen LogP contribution is 2.46. The van der Waals surface area contributed by atoms with Crippen LogP contribution in [0.3, 0.4) is 0 Å². The molecule has 0 aromatic rings. The van der Waals surface area contributed by atoms with Crippen LogP contribution in [0, 0.1) is 5.92 Å². The molecule has 4 nitrogen and oxygen atoms in total. The maximum absolute atomic E-state index is 12.0. The summed E-state index contributed by atoms with van der Waals surface area (Å²) in [6, 6.07) is 0. The zero-order valence-corrected chi connectivity index (χ0v) is 14.8. The van der Waals surface area contributed by atoms with E-state index >= 15 is 0 Å². The third kappa shape index (κ3) is 3.86. The molecule has 1 atom stereocenters. The molecule has 2 rings (SSSR count). The molecule has 1 saturated carbocycles. The number of hydrogen-bond acceptors (Lipinski definition) is 4. The van der Waals surface area contributed by atoms with Gasteiger partial charge in [-0.05, 0) is 40.5 Å². The first-order valence-corrected chi connectivity index (χ1v) is 8.78. The van der Waals surface area contributed by atoms with Crippen LogP contribution >= 0.6 is 0 Å². The smallest absolute Gasteiger partial charge is 0.462 e. The molecular weight excluding hydrogens is 279 g/mol. The summed E-state index contributed by atoms with van der Waals surface area (Å²) in [5.41, 5.74) is -0.696. The van der Waals surface area contributed by atoms with Crippen molar-refractivity contribution >= 4 is 13.1 Å². The maximum Gasteiger partial charge on any atom is 0.462 e. The summed E-state index contributed by atoms with van der Waals surface area (Å²) in [5.74, 6) is 0.459. The van der Waals surface area contributed by atoms with Crippen LogP contribution in [0.4, 0.5) is 0 Å². The van der Waals surface area contributed by atoms with E-state index in [1.165, 1.54) is 19.3 Å². The molecule has 0 unspecified atom stereocenters. The summed E-state index contributed by atoms with van der Waals surface area (Å²) in [5, 5.41) is 0. The van der Waals surface area contributed by atoms with E-state index in [1.807, 2.05) is 6.92 Å². The third-order valence-electron chi connectivity index (χ3n) is 5.58. The van der Waals surface area contributed by atoms with E-state index < -0.39 is 0 Å². The number of rotatable bonds is 5. The lowest BCUT2D eigenvalue weighted by atomic mass is 9.60. The highest BCUT2D eigenvalue weighted by molar-refractivity contribution is 6.48. The predicted molar refractivity (Wildman–Crippen MR) is 87.7 cm³/mol. The maximum atomic E-state index is 12.0. The number of carbonyl (C=O) groups excluding carboxylic acids is 1. The summed E-state index contributed by atoms with van der Waals surface area (Å²) in [7, 11) is -0.308. The van der Waals surface area contributed by atoms with Gasteiger partial charge in [-0.25, -0.2) is 0 Å². The van der Waals surface area contributed by atoms with E-state index in [4.69, 9.17) is 14.0 Å². The molecule has 22 heavy (non-hydrogen) atoms. The topological polar surface area (TPSA) is 44.8 Å². The van der Waals surface area contributed by atoms with Gasteiger partial charge in [-0.15, -0.1) is 0 Å². The Labute approximate surface area is 135 Å². The standard InChI is InChI=1S/C17H31BO4/c1-6-20-15(19)12-14(13-10-8-7-9-11-13)18-21-16(2,3)17(4,5)22-18/h13-14H,6-12H2,1-5H3/t14-/m0/s1. The van der Waals surface area contributed by atoms with E-state index in [9.17, 15) is 4.79 Å². The summed E-state index contributed by atoms with van der Waals surface area (Å²) < 4.78 is 17.6. The zero-order valence-electron chi connectivity index (χ0n) is 14.8. The molecule has 126 valence electrons. The number of esters is 1. The van der Waals surface area contributed by atoms with E-state index in [0.717, 1.165) is 12.8 Å². The van der Waals surface area contributed by atoms with Gasteiger partial charge in [-0.1, -0.05) is 32.1 Å². The molecule has 5 heteroatoms. The van der Waals surface area contributed by atoms with Gasteiger partial charge >= 0.3 is 13.1 Å². The van der Waals surface area contributed by atoms with Crippen LogP contribution in [-0.4, -0.2) is 30.9 Å². The van der Waals surface area contributed by atoms with Crippen molar-refractivity contribution in [3.63, 3.8) is 0 Å². The second kappa shape index (κ2) is 6.92. The molecule has 1 aliphatic carbocycles. The molecule has 0 aromatic heterocycles. The second-order valence-corrected chi connectivity index (χ2v) is 7.70. The van der Waals surface area contributed by atoms with Gasteiger partial charge < -0.3 is 14.0 Å². The summed E-state index contributed by atoms with van der Waals surface area (Å²) in [4.78, 5) is 12.0. The quantitative estimate of drug-likeness (QED) is 0.569. The van der Waals surface area contributed by atoms with Crippen LogP contribution in [0.1, 0.15) is 73.1 Å². The van der Waals surface area contributed by atoms with Gasteiger partial charge in [0, 0.05) is 12.2 Å². The average molecular weight is 310 g/mol. The molecule has 0 spiro atoms. The highest BCUT2D eigenvalue weighted by Gasteiger charge is 2.55. The molecule has 0 aromatic carbocycles. The minimum atomic E-state index is -0.348.